The summed E-state index contributed by atoms with van der Waals surface area (Å²) in [5.41, 5.74) is 0. The van der Waals surface area contributed by atoms with Crippen molar-refractivity contribution in [2.75, 3.05) is 19.8 Å². The second-order valence-electron chi connectivity index (χ2n) is 4.47. The van der Waals surface area contributed by atoms with E-state index in [1.54, 1.807) is 0 Å². The van der Waals surface area contributed by atoms with Crippen LogP contribution < -0.4 is 18.6 Å². The van der Waals surface area contributed by atoms with Gasteiger partial charge in [-0.3, -0.25) is 0 Å². The van der Waals surface area contributed by atoms with Crippen LogP contribution in [-0.2, 0) is 0 Å². The van der Waals surface area contributed by atoms with Crippen LogP contribution in [-0.4, -0.2) is 30.3 Å². The zero-order valence-corrected chi connectivity index (χ0v) is 15.0. The Kier molecular flexibility index (Phi) is 7.95. The van der Waals surface area contributed by atoms with Gasteiger partial charge in [0, 0.05) is 0 Å². The molecule has 0 aliphatic heterocycles. The van der Waals surface area contributed by atoms with Crippen molar-refractivity contribution in [3.8, 4) is 23.0 Å². The van der Waals surface area contributed by atoms with Gasteiger partial charge >= 0.3 is 0 Å². The Morgan fingerprint density at radius 3 is 1.70 bits per heavy atom. The highest BCUT2D eigenvalue weighted by Gasteiger charge is 2.18. The van der Waals surface area contributed by atoms with Gasteiger partial charge in [-0.05, 0) is 31.4 Å². The van der Waals surface area contributed by atoms with E-state index in [2.05, 4.69) is 20.8 Å². The van der Waals surface area contributed by atoms with Crippen LogP contribution in [0.15, 0.2) is 12.1 Å². The monoisotopic (exact) mass is 298 g/mol. The molecule has 0 fully saturated rings. The largest absolute Gasteiger partial charge is 0.551 e. The van der Waals surface area contributed by atoms with Crippen molar-refractivity contribution in [3.63, 3.8) is 0 Å². The molecule has 0 spiro atoms. The quantitative estimate of drug-likeness (QED) is 0.622. The Balaban J connectivity index is 3.09. The summed E-state index contributed by atoms with van der Waals surface area (Å²) in [5, 5.41) is 0. The summed E-state index contributed by atoms with van der Waals surface area (Å²) < 4.78 is 22.9. The topological polar surface area (TPSA) is 36.9 Å². The number of rotatable bonds is 10. The molecule has 0 saturated heterocycles. The number of ether oxygens (including phenoxy) is 3. The second-order valence-corrected chi connectivity index (χ2v) is 4.88. The molecule has 4 nitrogen and oxygen atoms in total. The maximum atomic E-state index is 5.84. The lowest BCUT2D eigenvalue weighted by Gasteiger charge is -2.19. The lowest BCUT2D eigenvalue weighted by Crippen LogP contribution is -2.06. The SMILES string of the molecule is CCCOc1ccc(O[SiH3])c(OCCC)c1OCCC. The zero-order valence-electron chi connectivity index (χ0n) is 13.0. The lowest BCUT2D eigenvalue weighted by molar-refractivity contribution is 0.239. The van der Waals surface area contributed by atoms with Crippen molar-refractivity contribution in [3.05, 3.63) is 12.1 Å². The molecule has 1 aromatic carbocycles. The highest BCUT2D eigenvalue weighted by molar-refractivity contribution is 6.00. The van der Waals surface area contributed by atoms with Crippen molar-refractivity contribution < 1.29 is 18.6 Å². The highest BCUT2D eigenvalue weighted by atomic mass is 28.2. The Morgan fingerprint density at radius 2 is 1.20 bits per heavy atom. The van der Waals surface area contributed by atoms with Gasteiger partial charge in [0.05, 0.1) is 19.8 Å². The summed E-state index contributed by atoms with van der Waals surface area (Å²) in [6.07, 6.45) is 2.83. The number of hydrogen-bond acceptors (Lipinski definition) is 4. The van der Waals surface area contributed by atoms with Gasteiger partial charge in [0.2, 0.25) is 22.0 Å². The van der Waals surface area contributed by atoms with Gasteiger partial charge in [0.15, 0.2) is 5.75 Å². The van der Waals surface area contributed by atoms with E-state index in [1.807, 2.05) is 12.1 Å². The maximum absolute atomic E-state index is 5.84. The van der Waals surface area contributed by atoms with E-state index in [9.17, 15) is 0 Å². The van der Waals surface area contributed by atoms with Gasteiger partial charge in [0.25, 0.3) is 0 Å². The fraction of sp³-hybridized carbons (Fsp3) is 0.600. The maximum Gasteiger partial charge on any atom is 0.207 e. The van der Waals surface area contributed by atoms with E-state index >= 15 is 0 Å². The lowest BCUT2D eigenvalue weighted by atomic mass is 10.2. The minimum absolute atomic E-state index is 0.611. The molecule has 0 saturated carbocycles. The van der Waals surface area contributed by atoms with Crippen molar-refractivity contribution in [1.82, 2.24) is 0 Å². The minimum atomic E-state index is 0.611. The van der Waals surface area contributed by atoms with Crippen LogP contribution >= 0.6 is 0 Å². The number of benzene rings is 1. The van der Waals surface area contributed by atoms with E-state index in [0.29, 0.717) is 41.8 Å². The third kappa shape index (κ3) is 4.63. The average Bonchev–Trinajstić information content (AvgIpc) is 2.48. The van der Waals surface area contributed by atoms with Crippen molar-refractivity contribution in [1.29, 1.82) is 0 Å². The van der Waals surface area contributed by atoms with Crippen LogP contribution in [0.5, 0.6) is 23.0 Å². The molecule has 1 aromatic rings. The van der Waals surface area contributed by atoms with Gasteiger partial charge in [-0.1, -0.05) is 20.8 Å². The van der Waals surface area contributed by atoms with Gasteiger partial charge in [-0.2, -0.15) is 0 Å². The molecular weight excluding hydrogens is 272 g/mol. The molecule has 0 aliphatic rings. The molecule has 20 heavy (non-hydrogen) atoms. The van der Waals surface area contributed by atoms with Crippen LogP contribution in [0.1, 0.15) is 40.0 Å². The molecule has 0 radical (unpaired) electrons. The summed E-state index contributed by atoms with van der Waals surface area (Å²) in [7, 11) is 0.611. The highest BCUT2D eigenvalue weighted by Crippen LogP contribution is 2.44. The Bertz CT molecular complexity index is 396. The summed E-state index contributed by atoms with van der Waals surface area (Å²) >= 11 is 0. The van der Waals surface area contributed by atoms with Crippen LogP contribution in [0.3, 0.4) is 0 Å². The standard InChI is InChI=1S/C15H26O4Si/c1-4-9-16-12-7-8-13(19-20)15(18-11-6-3)14(12)17-10-5-2/h7-8H,4-6,9-11H2,1-3,20H3. The fourth-order valence-electron chi connectivity index (χ4n) is 1.69. The van der Waals surface area contributed by atoms with Crippen LogP contribution in [0.2, 0.25) is 0 Å². The van der Waals surface area contributed by atoms with Gasteiger partial charge < -0.3 is 18.6 Å². The Morgan fingerprint density at radius 1 is 0.750 bits per heavy atom. The van der Waals surface area contributed by atoms with Crippen molar-refractivity contribution in [2.45, 2.75) is 40.0 Å². The van der Waals surface area contributed by atoms with E-state index in [1.165, 1.54) is 0 Å². The summed E-state index contributed by atoms with van der Waals surface area (Å²) in [6.45, 7) is 8.16. The third-order valence-electron chi connectivity index (χ3n) is 2.62. The van der Waals surface area contributed by atoms with E-state index < -0.39 is 0 Å². The second kappa shape index (κ2) is 9.53. The first kappa shape index (κ1) is 16.7. The predicted octanol–water partition coefficient (Wildman–Crippen LogP) is 2.71. The molecule has 114 valence electrons. The summed E-state index contributed by atoms with van der Waals surface area (Å²) in [5.74, 6) is 2.81. The van der Waals surface area contributed by atoms with Crippen LogP contribution in [0, 0.1) is 0 Å². The molecule has 0 aromatic heterocycles. The first-order valence-electron chi connectivity index (χ1n) is 7.37. The molecule has 0 N–H and O–H groups in total. The normalized spacial score (nSPS) is 10.3. The summed E-state index contributed by atoms with van der Waals surface area (Å²) in [6, 6.07) is 3.79. The van der Waals surface area contributed by atoms with Crippen molar-refractivity contribution >= 4 is 10.5 Å². The summed E-state index contributed by atoms with van der Waals surface area (Å²) in [4.78, 5) is 0. The van der Waals surface area contributed by atoms with Gasteiger partial charge in [-0.25, -0.2) is 0 Å². The molecule has 5 heteroatoms. The Labute approximate surface area is 124 Å². The third-order valence-corrected chi connectivity index (χ3v) is 3.06. The average molecular weight is 298 g/mol. The van der Waals surface area contributed by atoms with E-state index in [-0.39, 0.29) is 0 Å². The van der Waals surface area contributed by atoms with Crippen LogP contribution in [0.4, 0.5) is 0 Å². The van der Waals surface area contributed by atoms with Gasteiger partial charge in [0.1, 0.15) is 5.75 Å². The minimum Gasteiger partial charge on any atom is -0.551 e. The first-order chi connectivity index (χ1) is 9.78. The number of hydrogen-bond donors (Lipinski definition) is 0. The Hall–Kier alpha value is -1.36. The smallest absolute Gasteiger partial charge is 0.207 e. The molecule has 1 rings (SSSR count). The molecule has 0 atom stereocenters. The fourth-order valence-corrected chi connectivity index (χ4v) is 2.02. The van der Waals surface area contributed by atoms with E-state index in [4.69, 9.17) is 18.6 Å². The van der Waals surface area contributed by atoms with Crippen LogP contribution in [0.25, 0.3) is 0 Å². The van der Waals surface area contributed by atoms with E-state index in [0.717, 1.165) is 30.8 Å². The molecular formula is C15H26O4Si. The molecule has 0 bridgehead atoms. The van der Waals surface area contributed by atoms with Gasteiger partial charge in [-0.15, -0.1) is 0 Å². The molecule has 0 heterocycles. The zero-order chi connectivity index (χ0) is 14.8. The molecule has 0 aliphatic carbocycles. The first-order valence-corrected chi connectivity index (χ1v) is 8.19. The predicted molar refractivity (Wildman–Crippen MR) is 84.4 cm³/mol. The molecule has 0 amide bonds. The van der Waals surface area contributed by atoms with Crippen molar-refractivity contribution in [2.24, 2.45) is 0 Å². The molecule has 0 unspecified atom stereocenters.